The molecule has 1 aliphatic heterocycles. The fourth-order valence-corrected chi connectivity index (χ4v) is 3.27. The molecule has 0 radical (unpaired) electrons. The fourth-order valence-electron chi connectivity index (χ4n) is 2.02. The van der Waals surface area contributed by atoms with Gasteiger partial charge in [0.2, 0.25) is 5.78 Å². The van der Waals surface area contributed by atoms with E-state index < -0.39 is 10.5 Å². The summed E-state index contributed by atoms with van der Waals surface area (Å²) in [6, 6.07) is 6.68. The first kappa shape index (κ1) is 10.1. The van der Waals surface area contributed by atoms with Crippen LogP contribution in [0.4, 0.5) is 0 Å². The van der Waals surface area contributed by atoms with Crippen LogP contribution in [-0.4, -0.2) is 16.8 Å². The second-order valence-electron chi connectivity index (χ2n) is 3.67. The Balaban J connectivity index is 2.33. The number of fused-ring (bicyclic) bond motifs is 1. The molecule has 1 atom stereocenters. The highest BCUT2D eigenvalue weighted by Gasteiger charge is 2.34. The number of Topliss-reactive ketones (excluding diaryl/α,β-unsaturated/α-hetero) is 2. The van der Waals surface area contributed by atoms with Gasteiger partial charge in [-0.15, -0.1) is 0 Å². The topological polar surface area (TPSA) is 51.2 Å². The predicted octanol–water partition coefficient (Wildman–Crippen LogP) is 2.18. The van der Waals surface area contributed by atoms with Gasteiger partial charge in [-0.05, 0) is 22.0 Å². The third-order valence-electron chi connectivity index (χ3n) is 2.79. The number of ketones is 2. The Kier molecular flexibility index (Phi) is 2.08. The van der Waals surface area contributed by atoms with E-state index in [-0.39, 0.29) is 11.6 Å². The molecule has 0 saturated heterocycles. The smallest absolute Gasteiger partial charge is 0.201 e. The highest BCUT2D eigenvalue weighted by Crippen LogP contribution is 2.42. The molecule has 0 bridgehead atoms. The highest BCUT2D eigenvalue weighted by molar-refractivity contribution is 8.21. The number of hydrogen-bond donors (Lipinski definition) is 0. The van der Waals surface area contributed by atoms with E-state index in [4.69, 9.17) is 0 Å². The van der Waals surface area contributed by atoms with Gasteiger partial charge in [-0.3, -0.25) is 9.59 Å². The molecule has 0 spiro atoms. The maximum atomic E-state index is 12.2. The molecule has 82 valence electrons. The van der Waals surface area contributed by atoms with Crippen LogP contribution in [0.1, 0.15) is 20.7 Å². The summed E-state index contributed by atoms with van der Waals surface area (Å²) in [5, 5.41) is 3.37. The van der Waals surface area contributed by atoms with Gasteiger partial charge >= 0.3 is 0 Å². The summed E-state index contributed by atoms with van der Waals surface area (Å²) in [4.78, 5) is 35.4. The summed E-state index contributed by atoms with van der Waals surface area (Å²) in [5.41, 5.74) is 1.14. The molecule has 1 aromatic carbocycles. The van der Waals surface area contributed by atoms with Crippen LogP contribution in [-0.2, 0) is 4.79 Å². The summed E-state index contributed by atoms with van der Waals surface area (Å²) in [6.45, 7) is 0. The van der Waals surface area contributed by atoms with Crippen LogP contribution < -0.4 is 0 Å². The van der Waals surface area contributed by atoms with E-state index in [1.807, 2.05) is 0 Å². The number of carbonyl (C=O) groups is 2. The Hall–Kier alpha value is -2.03. The molecule has 1 heterocycles. The number of rotatable bonds is 0. The van der Waals surface area contributed by atoms with Gasteiger partial charge < -0.3 is 0 Å². The minimum atomic E-state index is -0.986. The van der Waals surface area contributed by atoms with Crippen molar-refractivity contribution in [2.45, 2.75) is 0 Å². The van der Waals surface area contributed by atoms with Crippen molar-refractivity contribution in [1.82, 2.24) is 0 Å². The van der Waals surface area contributed by atoms with Gasteiger partial charge in [-0.2, -0.15) is 0 Å². The van der Waals surface area contributed by atoms with Crippen molar-refractivity contribution in [1.29, 1.82) is 0 Å². The molecule has 1 aromatic rings. The lowest BCUT2D eigenvalue weighted by Gasteiger charge is -2.15. The molecule has 1 aliphatic carbocycles. The van der Waals surface area contributed by atoms with Gasteiger partial charge in [-0.1, -0.05) is 24.3 Å². The second kappa shape index (κ2) is 3.48. The maximum Gasteiger partial charge on any atom is 0.201 e. The second-order valence-corrected chi connectivity index (χ2v) is 5.19. The molecule has 3 nitrogen and oxygen atoms in total. The molecule has 2 aliphatic rings. The first-order valence-electron chi connectivity index (χ1n) is 4.96. The normalized spacial score (nSPS) is 21.3. The van der Waals surface area contributed by atoms with E-state index in [1.54, 1.807) is 41.0 Å². The van der Waals surface area contributed by atoms with Crippen LogP contribution in [0.15, 0.2) is 46.2 Å². The number of benzene rings is 1. The summed E-state index contributed by atoms with van der Waals surface area (Å²) in [6.07, 6.45) is 1.56. The lowest BCUT2D eigenvalue weighted by Crippen LogP contribution is -2.18. The Morgan fingerprint density at radius 1 is 1.00 bits per heavy atom. The molecular formula is C13H6O3S. The monoisotopic (exact) mass is 242 g/mol. The molecule has 0 saturated carbocycles. The molecule has 3 rings (SSSR count). The number of carbonyl (C=O) groups excluding carboxylic acids is 3. The highest BCUT2D eigenvalue weighted by atomic mass is 32.2. The molecule has 0 N–H and O–H groups in total. The zero-order chi connectivity index (χ0) is 12.0. The summed E-state index contributed by atoms with van der Waals surface area (Å²) < 4.78 is 0. The van der Waals surface area contributed by atoms with Crippen LogP contribution >= 0.6 is 10.5 Å². The molecule has 0 aromatic heterocycles. The molecule has 0 fully saturated rings. The standard InChI is InChI=1S/C13H6O3S/c14-7-17-6-5-10-11(15)8-3-1-2-4-9(8)12(16)13(10)17/h1-6H. The number of hydrogen-bond acceptors (Lipinski definition) is 3. The summed E-state index contributed by atoms with van der Waals surface area (Å²) >= 11 is 0. The van der Waals surface area contributed by atoms with Crippen molar-refractivity contribution in [2.75, 3.05) is 0 Å². The first-order chi connectivity index (χ1) is 8.24. The minimum absolute atomic E-state index is 0.184. The molecule has 17 heavy (non-hydrogen) atoms. The van der Waals surface area contributed by atoms with Crippen molar-refractivity contribution in [3.8, 4) is 0 Å². The number of allylic oxidation sites excluding steroid dienone is 3. The van der Waals surface area contributed by atoms with Crippen molar-refractivity contribution >= 4 is 27.3 Å². The average molecular weight is 242 g/mol. The van der Waals surface area contributed by atoms with Crippen molar-refractivity contribution in [3.05, 3.63) is 57.4 Å². The third-order valence-corrected chi connectivity index (χ3v) is 4.23. The minimum Gasteiger partial charge on any atom is -0.289 e. The van der Waals surface area contributed by atoms with Crippen LogP contribution in [0.2, 0.25) is 0 Å². The van der Waals surface area contributed by atoms with E-state index >= 15 is 0 Å². The molecular weight excluding hydrogens is 236 g/mol. The summed E-state index contributed by atoms with van der Waals surface area (Å²) in [5.74, 6) is -0.413. The Morgan fingerprint density at radius 2 is 1.65 bits per heavy atom. The van der Waals surface area contributed by atoms with E-state index in [2.05, 4.69) is 0 Å². The van der Waals surface area contributed by atoms with Crippen LogP contribution in [0.3, 0.4) is 0 Å². The quantitative estimate of drug-likeness (QED) is 0.655. The Bertz CT molecular complexity index is 688. The van der Waals surface area contributed by atoms with E-state index in [0.717, 1.165) is 0 Å². The maximum absolute atomic E-state index is 12.2. The largest absolute Gasteiger partial charge is 0.289 e. The zero-order valence-corrected chi connectivity index (χ0v) is 9.41. The van der Waals surface area contributed by atoms with Crippen molar-refractivity contribution in [2.24, 2.45) is 0 Å². The van der Waals surface area contributed by atoms with Gasteiger partial charge in [0.1, 0.15) is 0 Å². The van der Waals surface area contributed by atoms with E-state index in [9.17, 15) is 14.4 Å². The SMILES string of the molecule is O=C=S1C=CC2=C1C(=O)c1ccccc1C2=O. The van der Waals surface area contributed by atoms with Gasteiger partial charge in [0.15, 0.2) is 11.0 Å². The third kappa shape index (κ3) is 1.25. The lowest BCUT2D eigenvalue weighted by molar-refractivity contribution is 0.0985. The van der Waals surface area contributed by atoms with Crippen molar-refractivity contribution in [3.63, 3.8) is 0 Å². The van der Waals surface area contributed by atoms with Gasteiger partial charge in [-0.25, -0.2) is 4.79 Å². The first-order valence-corrected chi connectivity index (χ1v) is 6.24. The van der Waals surface area contributed by atoms with Gasteiger partial charge in [0.25, 0.3) is 0 Å². The average Bonchev–Trinajstić information content (AvgIpc) is 2.80. The zero-order valence-electron chi connectivity index (χ0n) is 8.60. The molecule has 4 heteroatoms. The van der Waals surface area contributed by atoms with E-state index in [0.29, 0.717) is 21.6 Å². The van der Waals surface area contributed by atoms with Crippen molar-refractivity contribution < 1.29 is 14.4 Å². The lowest BCUT2D eigenvalue weighted by atomic mass is 9.89. The van der Waals surface area contributed by atoms with Crippen LogP contribution in [0.25, 0.3) is 0 Å². The van der Waals surface area contributed by atoms with E-state index in [1.165, 1.54) is 0 Å². The summed E-state index contributed by atoms with van der Waals surface area (Å²) in [7, 11) is -0.986. The molecule has 1 unspecified atom stereocenters. The van der Waals surface area contributed by atoms with Gasteiger partial charge in [0, 0.05) is 16.7 Å². The van der Waals surface area contributed by atoms with Crippen LogP contribution in [0.5, 0.6) is 0 Å². The molecule has 0 amide bonds. The van der Waals surface area contributed by atoms with Gasteiger partial charge in [0.05, 0.1) is 4.91 Å². The Labute approximate surface area is 99.4 Å². The predicted molar refractivity (Wildman–Crippen MR) is 64.6 cm³/mol. The Morgan fingerprint density at radius 3 is 2.29 bits per heavy atom. The fraction of sp³-hybridized carbons (Fsp3) is 0. The van der Waals surface area contributed by atoms with Crippen LogP contribution in [0, 0.1) is 0 Å².